The molecule has 4 heterocycles. The molecule has 172 valence electrons. The lowest BCUT2D eigenvalue weighted by Gasteiger charge is -2.13. The van der Waals surface area contributed by atoms with E-state index in [1.807, 2.05) is 29.8 Å². The van der Waals surface area contributed by atoms with Gasteiger partial charge < -0.3 is 4.57 Å². The van der Waals surface area contributed by atoms with Crippen molar-refractivity contribution in [2.75, 3.05) is 0 Å². The van der Waals surface area contributed by atoms with Crippen molar-refractivity contribution in [1.82, 2.24) is 28.1 Å². The molecule has 0 bridgehead atoms. The third-order valence-corrected chi connectivity index (χ3v) is 8.39. The molecular weight excluding hydrogens is 452 g/mol. The zero-order valence-electron chi connectivity index (χ0n) is 18.4. The molecule has 34 heavy (non-hydrogen) atoms. The van der Waals surface area contributed by atoms with Crippen LogP contribution in [0, 0.1) is 6.92 Å². The number of aldehydes is 1. The molecule has 0 radical (unpaired) electrons. The van der Waals surface area contributed by atoms with Crippen LogP contribution in [-0.4, -0.2) is 42.8 Å². The van der Waals surface area contributed by atoms with Crippen LogP contribution in [0.1, 0.15) is 53.0 Å². The van der Waals surface area contributed by atoms with Crippen molar-refractivity contribution in [1.29, 1.82) is 0 Å². The summed E-state index contributed by atoms with van der Waals surface area (Å²) in [5.41, 5.74) is 3.23. The van der Waals surface area contributed by atoms with E-state index in [9.17, 15) is 13.2 Å². The summed E-state index contributed by atoms with van der Waals surface area (Å²) in [6, 6.07) is 10.6. The van der Waals surface area contributed by atoms with E-state index < -0.39 is 10.0 Å². The average molecular weight is 475 g/mol. The lowest BCUT2D eigenvalue weighted by molar-refractivity contribution is 0.112. The third-order valence-electron chi connectivity index (χ3n) is 6.70. The van der Waals surface area contributed by atoms with Crippen LogP contribution < -0.4 is 0 Å². The van der Waals surface area contributed by atoms with Gasteiger partial charge in [-0.15, -0.1) is 10.2 Å². The number of hydrogen-bond donors (Lipinski definition) is 0. The first-order chi connectivity index (χ1) is 16.5. The maximum absolute atomic E-state index is 13.3. The molecule has 6 rings (SSSR count). The van der Waals surface area contributed by atoms with Gasteiger partial charge in [0.1, 0.15) is 5.82 Å². The molecule has 0 amide bonds. The fourth-order valence-corrected chi connectivity index (χ4v) is 6.22. The monoisotopic (exact) mass is 474 g/mol. The standard InChI is InChI=1S/C24H22N6O3S/c1-16-2-6-20(7-3-16)34(32,33)29-11-9-21-24(29)25-13-22-26-27-23(30(21)22)18-4-5-19(12-18)28-10-8-17(14-28)15-31/h2-3,6-11,13-15,18-19H,4-5,12H2,1H3. The van der Waals surface area contributed by atoms with Crippen molar-refractivity contribution in [2.45, 2.75) is 43.0 Å². The van der Waals surface area contributed by atoms with Crippen molar-refractivity contribution >= 4 is 33.1 Å². The second kappa shape index (κ2) is 7.63. The number of carbonyl (C=O) groups is 1. The zero-order valence-corrected chi connectivity index (χ0v) is 19.3. The molecule has 1 fully saturated rings. The molecular formula is C24H22N6O3S. The number of rotatable bonds is 5. The van der Waals surface area contributed by atoms with Crippen molar-refractivity contribution in [3.63, 3.8) is 0 Å². The van der Waals surface area contributed by atoms with Gasteiger partial charge in [-0.25, -0.2) is 17.4 Å². The summed E-state index contributed by atoms with van der Waals surface area (Å²) in [5, 5.41) is 8.77. The summed E-state index contributed by atoms with van der Waals surface area (Å²) in [6.45, 7) is 1.92. The van der Waals surface area contributed by atoms with Crippen molar-refractivity contribution in [3.8, 4) is 0 Å². The molecule has 0 N–H and O–H groups in total. The Balaban J connectivity index is 1.40. The molecule has 0 aliphatic heterocycles. The van der Waals surface area contributed by atoms with E-state index >= 15 is 0 Å². The number of fused-ring (bicyclic) bond motifs is 3. The molecule has 1 saturated carbocycles. The molecule has 1 aliphatic carbocycles. The Kier molecular flexibility index (Phi) is 4.66. The van der Waals surface area contributed by atoms with Crippen molar-refractivity contribution < 1.29 is 13.2 Å². The topological polar surface area (TPSA) is 104 Å². The Hall–Kier alpha value is -3.79. The number of benzene rings is 1. The van der Waals surface area contributed by atoms with Gasteiger partial charge in [0.15, 0.2) is 17.6 Å². The van der Waals surface area contributed by atoms with E-state index in [1.54, 1.807) is 36.5 Å². The number of aromatic nitrogens is 6. The first-order valence-corrected chi connectivity index (χ1v) is 12.6. The van der Waals surface area contributed by atoms with Crippen LogP contribution >= 0.6 is 0 Å². The minimum atomic E-state index is -3.80. The van der Waals surface area contributed by atoms with Gasteiger partial charge in [0, 0.05) is 36.1 Å². The second-order valence-electron chi connectivity index (χ2n) is 8.82. The summed E-state index contributed by atoms with van der Waals surface area (Å²) in [4.78, 5) is 15.7. The molecule has 4 aromatic heterocycles. The second-order valence-corrected chi connectivity index (χ2v) is 10.6. The van der Waals surface area contributed by atoms with Gasteiger partial charge >= 0.3 is 0 Å². The molecule has 0 saturated heterocycles. The number of hydrogen-bond acceptors (Lipinski definition) is 6. The largest absolute Gasteiger partial charge is 0.350 e. The fourth-order valence-electron chi connectivity index (χ4n) is 4.92. The first-order valence-electron chi connectivity index (χ1n) is 11.1. The number of nitrogens with zero attached hydrogens (tertiary/aromatic N) is 6. The van der Waals surface area contributed by atoms with Gasteiger partial charge in [-0.2, -0.15) is 0 Å². The average Bonchev–Trinajstić information content (AvgIpc) is 3.63. The maximum Gasteiger partial charge on any atom is 0.269 e. The Morgan fingerprint density at radius 2 is 1.85 bits per heavy atom. The normalized spacial score (nSPS) is 18.7. The molecule has 0 spiro atoms. The van der Waals surface area contributed by atoms with Gasteiger partial charge in [0.2, 0.25) is 0 Å². The van der Waals surface area contributed by atoms with Crippen LogP contribution in [0.2, 0.25) is 0 Å². The number of aryl methyl sites for hydroxylation is 1. The van der Waals surface area contributed by atoms with Gasteiger partial charge in [-0.05, 0) is 50.5 Å². The minimum absolute atomic E-state index is 0.157. The minimum Gasteiger partial charge on any atom is -0.350 e. The van der Waals surface area contributed by atoms with Crippen LogP contribution in [0.5, 0.6) is 0 Å². The van der Waals surface area contributed by atoms with Crippen molar-refractivity contribution in [3.05, 3.63) is 78.1 Å². The van der Waals surface area contributed by atoms with Gasteiger partial charge in [-0.1, -0.05) is 17.7 Å². The quantitative estimate of drug-likeness (QED) is 0.359. The first kappa shape index (κ1) is 20.8. The molecule has 10 heteroatoms. The lowest BCUT2D eigenvalue weighted by atomic mass is 10.1. The Morgan fingerprint density at radius 1 is 1.03 bits per heavy atom. The summed E-state index contributed by atoms with van der Waals surface area (Å²) in [6.07, 6.45) is 10.5. The summed E-state index contributed by atoms with van der Waals surface area (Å²) < 4.78 is 31.9. The fraction of sp³-hybridized carbons (Fsp3) is 0.250. The molecule has 2 atom stereocenters. The van der Waals surface area contributed by atoms with Gasteiger partial charge in [-0.3, -0.25) is 9.20 Å². The van der Waals surface area contributed by atoms with Crippen LogP contribution in [0.4, 0.5) is 0 Å². The summed E-state index contributed by atoms with van der Waals surface area (Å²) in [7, 11) is -3.80. The van der Waals surface area contributed by atoms with Crippen molar-refractivity contribution in [2.24, 2.45) is 0 Å². The molecule has 9 nitrogen and oxygen atoms in total. The highest BCUT2D eigenvalue weighted by atomic mass is 32.2. The van der Waals surface area contributed by atoms with E-state index in [4.69, 9.17) is 0 Å². The highest BCUT2D eigenvalue weighted by Gasteiger charge is 2.31. The Bertz CT molecular complexity index is 1650. The van der Waals surface area contributed by atoms with E-state index in [-0.39, 0.29) is 16.9 Å². The van der Waals surface area contributed by atoms with Crippen LogP contribution in [0.3, 0.4) is 0 Å². The predicted octanol–water partition coefficient (Wildman–Crippen LogP) is 3.75. The van der Waals surface area contributed by atoms with Gasteiger partial charge in [0.25, 0.3) is 10.0 Å². The Labute approximate surface area is 195 Å². The lowest BCUT2D eigenvalue weighted by Crippen LogP contribution is -2.13. The van der Waals surface area contributed by atoms with E-state index in [1.165, 1.54) is 10.2 Å². The Morgan fingerprint density at radius 3 is 2.62 bits per heavy atom. The van der Waals surface area contributed by atoms with Gasteiger partial charge in [0.05, 0.1) is 16.6 Å². The van der Waals surface area contributed by atoms with E-state index in [2.05, 4.69) is 19.7 Å². The van der Waals surface area contributed by atoms with E-state index in [0.29, 0.717) is 22.4 Å². The summed E-state index contributed by atoms with van der Waals surface area (Å²) in [5.74, 6) is 0.961. The highest BCUT2D eigenvalue weighted by molar-refractivity contribution is 7.90. The summed E-state index contributed by atoms with van der Waals surface area (Å²) >= 11 is 0. The SMILES string of the molecule is Cc1ccc(S(=O)(=O)n2ccc3c2ncc2nnc(C4CCC(n5ccc(C=O)c5)C4)n23)cc1. The number of carbonyl (C=O) groups excluding carboxylic acids is 1. The molecule has 2 unspecified atom stereocenters. The van der Waals surface area contributed by atoms with Crippen LogP contribution in [0.25, 0.3) is 16.8 Å². The molecule has 1 aromatic carbocycles. The highest BCUT2D eigenvalue weighted by Crippen LogP contribution is 2.41. The van der Waals surface area contributed by atoms with Crippen LogP contribution in [0.15, 0.2) is 66.1 Å². The maximum atomic E-state index is 13.3. The smallest absolute Gasteiger partial charge is 0.269 e. The molecule has 1 aliphatic rings. The predicted molar refractivity (Wildman–Crippen MR) is 125 cm³/mol. The third kappa shape index (κ3) is 3.17. The van der Waals surface area contributed by atoms with E-state index in [0.717, 1.165) is 36.9 Å². The zero-order chi connectivity index (χ0) is 23.4. The van der Waals surface area contributed by atoms with Crippen LogP contribution in [-0.2, 0) is 10.0 Å². The molecule has 5 aromatic rings.